The van der Waals surface area contributed by atoms with Gasteiger partial charge in [-0.2, -0.15) is 0 Å². The quantitative estimate of drug-likeness (QED) is 0.0457. The third-order valence-corrected chi connectivity index (χ3v) is 15.5. The van der Waals surface area contributed by atoms with Crippen LogP contribution in [0.15, 0.2) is 0 Å². The normalized spacial score (nSPS) is 11.7. The molecule has 0 spiro atoms. The maximum Gasteiger partial charge on any atom is 0.0594 e. The van der Waals surface area contributed by atoms with Crippen LogP contribution in [0.3, 0.4) is 0 Å². The van der Waals surface area contributed by atoms with Crippen molar-refractivity contribution in [2.75, 3.05) is 24.6 Å². The van der Waals surface area contributed by atoms with E-state index in [0.717, 1.165) is 0 Å². The summed E-state index contributed by atoms with van der Waals surface area (Å²) in [6.45, 7) is 9.39. The zero-order valence-electron chi connectivity index (χ0n) is 31.7. The van der Waals surface area contributed by atoms with Crippen molar-refractivity contribution in [2.24, 2.45) is 0 Å². The lowest BCUT2D eigenvalue weighted by Gasteiger charge is -2.28. The van der Waals surface area contributed by atoms with E-state index in [1.54, 1.807) is 50.3 Å². The van der Waals surface area contributed by atoms with E-state index in [4.69, 9.17) is 0 Å². The molecule has 0 aromatic heterocycles. The predicted molar refractivity (Wildman–Crippen MR) is 206 cm³/mol. The van der Waals surface area contributed by atoms with Crippen molar-refractivity contribution in [2.45, 2.75) is 246 Å². The highest BCUT2D eigenvalue weighted by atomic mass is 35.5. The molecule has 0 bridgehead atoms. The highest BCUT2D eigenvalue weighted by molar-refractivity contribution is 7.75. The molecule has 0 aliphatic rings. The number of rotatable bonds is 38. The van der Waals surface area contributed by atoms with Crippen LogP contribution in [0.25, 0.3) is 0 Å². The SMILES string of the molecule is CCCCCCCCCCCCCCCCCC[P+](CCCCCCCC)(CCCCCCCC)CCCCCCCC.[Cl-]. The van der Waals surface area contributed by atoms with Gasteiger partial charge in [-0.1, -0.05) is 195 Å². The highest BCUT2D eigenvalue weighted by Crippen LogP contribution is 2.61. The Morgan fingerprint density at radius 2 is 0.341 bits per heavy atom. The van der Waals surface area contributed by atoms with Gasteiger partial charge in [0.25, 0.3) is 0 Å². The first-order valence-corrected chi connectivity index (χ1v) is 23.6. The summed E-state index contributed by atoms with van der Waals surface area (Å²) in [6.07, 6.45) is 57.2. The van der Waals surface area contributed by atoms with E-state index in [-0.39, 0.29) is 12.4 Å². The molecule has 2 heteroatoms. The zero-order valence-corrected chi connectivity index (χ0v) is 33.3. The average molecular weight is 660 g/mol. The molecule has 0 atom stereocenters. The minimum absolute atomic E-state index is 0. The van der Waals surface area contributed by atoms with Crippen molar-refractivity contribution in [1.82, 2.24) is 0 Å². The fraction of sp³-hybridized carbons (Fsp3) is 1.00. The second-order valence-electron chi connectivity index (χ2n) is 14.8. The summed E-state index contributed by atoms with van der Waals surface area (Å²) in [6, 6.07) is 0. The van der Waals surface area contributed by atoms with Gasteiger partial charge in [0, 0.05) is 7.26 Å². The molecular weight excluding hydrogens is 571 g/mol. The van der Waals surface area contributed by atoms with Crippen LogP contribution >= 0.6 is 7.26 Å². The van der Waals surface area contributed by atoms with Gasteiger partial charge >= 0.3 is 0 Å². The van der Waals surface area contributed by atoms with Gasteiger partial charge < -0.3 is 12.4 Å². The van der Waals surface area contributed by atoms with Crippen LogP contribution in [0.4, 0.5) is 0 Å². The van der Waals surface area contributed by atoms with E-state index in [1.165, 1.54) is 193 Å². The largest absolute Gasteiger partial charge is 1.00 e. The van der Waals surface area contributed by atoms with Gasteiger partial charge in [0.05, 0.1) is 24.6 Å². The Bertz CT molecular complexity index is 451. The van der Waals surface area contributed by atoms with Crippen LogP contribution in [-0.4, -0.2) is 24.6 Å². The van der Waals surface area contributed by atoms with Gasteiger partial charge in [0.15, 0.2) is 0 Å². The Morgan fingerprint density at radius 3 is 0.500 bits per heavy atom. The van der Waals surface area contributed by atoms with Gasteiger partial charge in [-0.25, -0.2) is 0 Å². The molecule has 0 saturated heterocycles. The summed E-state index contributed by atoms with van der Waals surface area (Å²) in [5.41, 5.74) is 0. The molecule has 0 saturated carbocycles. The van der Waals surface area contributed by atoms with Crippen LogP contribution in [0.5, 0.6) is 0 Å². The average Bonchev–Trinajstić information content (AvgIpc) is 3.02. The lowest BCUT2D eigenvalue weighted by molar-refractivity contribution is -0.00000974. The zero-order chi connectivity index (χ0) is 31.4. The molecule has 0 aromatic rings. The van der Waals surface area contributed by atoms with Crippen LogP contribution < -0.4 is 12.4 Å². The van der Waals surface area contributed by atoms with Crippen molar-refractivity contribution in [1.29, 1.82) is 0 Å². The highest BCUT2D eigenvalue weighted by Gasteiger charge is 2.35. The molecule has 0 heterocycles. The van der Waals surface area contributed by atoms with Crippen molar-refractivity contribution >= 4 is 7.26 Å². The summed E-state index contributed by atoms with van der Waals surface area (Å²) in [7, 11) is -0.751. The Hall–Kier alpha value is 0.720. The second-order valence-corrected chi connectivity index (χ2v) is 19.3. The topological polar surface area (TPSA) is 0 Å². The fourth-order valence-electron chi connectivity index (χ4n) is 7.35. The summed E-state index contributed by atoms with van der Waals surface area (Å²) in [5, 5.41) is 0. The first-order chi connectivity index (χ1) is 21.2. The fourth-order valence-corrected chi connectivity index (χ4v) is 12.3. The summed E-state index contributed by atoms with van der Waals surface area (Å²) < 4.78 is 0. The van der Waals surface area contributed by atoms with Crippen molar-refractivity contribution < 1.29 is 12.4 Å². The maximum atomic E-state index is 2.36. The second kappa shape index (κ2) is 39.9. The summed E-state index contributed by atoms with van der Waals surface area (Å²) in [5.74, 6) is 0. The summed E-state index contributed by atoms with van der Waals surface area (Å²) >= 11 is 0. The maximum absolute atomic E-state index is 2.36. The molecule has 0 fully saturated rings. The van der Waals surface area contributed by atoms with E-state index in [1.807, 2.05) is 0 Å². The minimum atomic E-state index is -0.751. The monoisotopic (exact) mass is 659 g/mol. The lowest BCUT2D eigenvalue weighted by atomic mass is 10.0. The van der Waals surface area contributed by atoms with E-state index in [9.17, 15) is 0 Å². The molecular formula is C42H88ClP. The Balaban J connectivity index is 0. The van der Waals surface area contributed by atoms with E-state index in [0.29, 0.717) is 0 Å². The molecule has 0 rings (SSSR count). The lowest BCUT2D eigenvalue weighted by Crippen LogP contribution is -3.00. The first kappa shape index (κ1) is 46.8. The standard InChI is InChI=1S/C42H88P.ClH/c1-5-9-13-17-21-22-23-24-25-26-27-28-29-30-34-38-42-43(39-35-31-18-14-10-6-2,40-36-32-19-15-11-7-3)41-37-33-20-16-12-8-4;/h5-42H2,1-4H3;1H/q+1;/p-1. The Morgan fingerprint density at radius 1 is 0.205 bits per heavy atom. The minimum Gasteiger partial charge on any atom is -1.00 e. The van der Waals surface area contributed by atoms with Crippen LogP contribution in [0.1, 0.15) is 246 Å². The van der Waals surface area contributed by atoms with E-state index < -0.39 is 7.26 Å². The van der Waals surface area contributed by atoms with Crippen LogP contribution in [-0.2, 0) is 0 Å². The third-order valence-electron chi connectivity index (χ3n) is 10.4. The predicted octanol–water partition coefficient (Wildman–Crippen LogP) is 13.4. The Labute approximate surface area is 289 Å². The Kier molecular flexibility index (Phi) is 42.5. The van der Waals surface area contributed by atoms with Crippen molar-refractivity contribution in [3.05, 3.63) is 0 Å². The number of hydrogen-bond donors (Lipinski definition) is 0. The molecule has 0 radical (unpaired) electrons. The molecule has 0 N–H and O–H groups in total. The van der Waals surface area contributed by atoms with E-state index >= 15 is 0 Å². The smallest absolute Gasteiger partial charge is 0.0594 e. The van der Waals surface area contributed by atoms with Gasteiger partial charge in [0.2, 0.25) is 0 Å². The molecule has 0 aliphatic heterocycles. The molecule has 0 unspecified atom stereocenters. The molecule has 268 valence electrons. The van der Waals surface area contributed by atoms with E-state index in [2.05, 4.69) is 27.7 Å². The van der Waals surface area contributed by atoms with Gasteiger partial charge in [-0.3, -0.25) is 0 Å². The van der Waals surface area contributed by atoms with Gasteiger partial charge in [-0.15, -0.1) is 0 Å². The molecule has 0 aliphatic carbocycles. The van der Waals surface area contributed by atoms with Crippen molar-refractivity contribution in [3.8, 4) is 0 Å². The first-order valence-electron chi connectivity index (χ1n) is 21.1. The summed E-state index contributed by atoms with van der Waals surface area (Å²) in [4.78, 5) is 0. The number of unbranched alkanes of at least 4 members (excludes halogenated alkanes) is 30. The molecule has 0 aromatic carbocycles. The van der Waals surface area contributed by atoms with Gasteiger partial charge in [0.1, 0.15) is 0 Å². The number of hydrogen-bond acceptors (Lipinski definition) is 0. The van der Waals surface area contributed by atoms with Gasteiger partial charge in [-0.05, 0) is 51.4 Å². The van der Waals surface area contributed by atoms with Crippen LogP contribution in [0.2, 0.25) is 0 Å². The molecule has 0 nitrogen and oxygen atoms in total. The van der Waals surface area contributed by atoms with Crippen molar-refractivity contribution in [3.63, 3.8) is 0 Å². The molecule has 44 heavy (non-hydrogen) atoms. The van der Waals surface area contributed by atoms with Crippen LogP contribution in [0, 0.1) is 0 Å². The third kappa shape index (κ3) is 34.1. The molecule has 0 amide bonds. The number of halogens is 1.